The number of hydrogen-bond acceptors (Lipinski definition) is 2. The lowest BCUT2D eigenvalue weighted by Crippen LogP contribution is -2.38. The normalized spacial score (nSPS) is 12.3. The maximum Gasteiger partial charge on any atom is 0.255 e. The highest BCUT2D eigenvalue weighted by Crippen LogP contribution is 2.23. The number of rotatable bonds is 5. The van der Waals surface area contributed by atoms with Crippen molar-refractivity contribution in [3.05, 3.63) is 33.3 Å². The molecule has 1 aromatic carbocycles. The maximum atomic E-state index is 12.4. The fourth-order valence-electron chi connectivity index (χ4n) is 1.71. The summed E-state index contributed by atoms with van der Waals surface area (Å²) in [6.45, 7) is 2.09. The Morgan fingerprint density at radius 3 is 2.78 bits per heavy atom. The molecule has 0 N–H and O–H groups in total. The molecule has 1 aromatic rings. The van der Waals surface area contributed by atoms with Crippen molar-refractivity contribution in [2.45, 2.75) is 19.4 Å². The minimum atomic E-state index is -0.0257. The Labute approximate surface area is 126 Å². The third kappa shape index (κ3) is 3.90. The molecule has 0 saturated carbocycles. The summed E-state index contributed by atoms with van der Waals surface area (Å²) < 4.78 is 0.863. The van der Waals surface area contributed by atoms with Gasteiger partial charge >= 0.3 is 0 Å². The number of hydrogen-bond donors (Lipinski definition) is 0. The monoisotopic (exact) mass is 349 g/mol. The van der Waals surface area contributed by atoms with Gasteiger partial charge in [0.2, 0.25) is 0 Å². The van der Waals surface area contributed by atoms with Gasteiger partial charge in [-0.15, -0.1) is 0 Å². The lowest BCUT2D eigenvalue weighted by Gasteiger charge is -2.27. The van der Waals surface area contributed by atoms with E-state index in [0.29, 0.717) is 10.6 Å². The Morgan fingerprint density at radius 1 is 1.56 bits per heavy atom. The number of benzene rings is 1. The first-order chi connectivity index (χ1) is 8.51. The number of nitrogens with zero attached hydrogens (tertiary/aromatic N) is 1. The van der Waals surface area contributed by atoms with Gasteiger partial charge in [0.1, 0.15) is 0 Å². The molecule has 0 heterocycles. The van der Waals surface area contributed by atoms with E-state index in [-0.39, 0.29) is 11.9 Å². The second-order valence-corrected chi connectivity index (χ2v) is 6.29. The van der Waals surface area contributed by atoms with E-state index in [0.717, 1.165) is 16.6 Å². The Hall–Kier alpha value is -0.190. The molecule has 18 heavy (non-hydrogen) atoms. The SMILES string of the molecule is CCC(CSC)N(C)C(=O)c1cc(Br)ccc1Cl. The molecule has 0 aliphatic heterocycles. The molecule has 0 spiro atoms. The fourth-order valence-corrected chi connectivity index (χ4v) is 3.12. The molecule has 0 aliphatic carbocycles. The van der Waals surface area contributed by atoms with Crippen LogP contribution in [-0.2, 0) is 0 Å². The van der Waals surface area contributed by atoms with Crippen molar-refractivity contribution in [3.63, 3.8) is 0 Å². The van der Waals surface area contributed by atoms with Crippen LogP contribution in [-0.4, -0.2) is 35.9 Å². The van der Waals surface area contributed by atoms with Crippen LogP contribution in [0.5, 0.6) is 0 Å². The van der Waals surface area contributed by atoms with Gasteiger partial charge in [-0.3, -0.25) is 4.79 Å². The van der Waals surface area contributed by atoms with Crippen LogP contribution in [0.15, 0.2) is 22.7 Å². The average molecular weight is 351 g/mol. The van der Waals surface area contributed by atoms with Gasteiger partial charge in [-0.2, -0.15) is 11.8 Å². The van der Waals surface area contributed by atoms with E-state index >= 15 is 0 Å². The van der Waals surface area contributed by atoms with E-state index in [1.807, 2.05) is 19.4 Å². The van der Waals surface area contributed by atoms with Gasteiger partial charge in [-0.25, -0.2) is 0 Å². The molecule has 1 unspecified atom stereocenters. The third-order valence-electron chi connectivity index (χ3n) is 2.86. The predicted molar refractivity (Wildman–Crippen MR) is 83.7 cm³/mol. The average Bonchev–Trinajstić information content (AvgIpc) is 2.37. The standard InChI is InChI=1S/C13H17BrClNOS/c1-4-10(8-18-3)16(2)13(17)11-7-9(14)5-6-12(11)15/h5-7,10H,4,8H2,1-3H3. The van der Waals surface area contributed by atoms with Crippen LogP contribution in [0, 0.1) is 0 Å². The zero-order chi connectivity index (χ0) is 13.7. The van der Waals surface area contributed by atoms with E-state index in [1.165, 1.54) is 0 Å². The Balaban J connectivity index is 2.95. The Kier molecular flexibility index (Phi) is 6.53. The highest BCUT2D eigenvalue weighted by Gasteiger charge is 2.21. The molecule has 5 heteroatoms. The van der Waals surface area contributed by atoms with Gasteiger partial charge in [0.15, 0.2) is 0 Å². The summed E-state index contributed by atoms with van der Waals surface area (Å²) in [5.41, 5.74) is 0.549. The molecule has 0 fully saturated rings. The topological polar surface area (TPSA) is 20.3 Å². The molecule has 0 aromatic heterocycles. The minimum Gasteiger partial charge on any atom is -0.338 e. The zero-order valence-electron chi connectivity index (χ0n) is 10.7. The summed E-state index contributed by atoms with van der Waals surface area (Å²) in [5, 5.41) is 0.494. The van der Waals surface area contributed by atoms with Gasteiger partial charge in [0.05, 0.1) is 10.6 Å². The molecule has 1 amide bonds. The number of amides is 1. The number of carbonyl (C=O) groups is 1. The van der Waals surface area contributed by atoms with Crippen LogP contribution in [0.1, 0.15) is 23.7 Å². The molecule has 2 nitrogen and oxygen atoms in total. The highest BCUT2D eigenvalue weighted by molar-refractivity contribution is 9.10. The van der Waals surface area contributed by atoms with E-state index < -0.39 is 0 Å². The van der Waals surface area contributed by atoms with E-state index in [1.54, 1.807) is 28.8 Å². The Morgan fingerprint density at radius 2 is 2.22 bits per heavy atom. The molecule has 0 bridgehead atoms. The van der Waals surface area contributed by atoms with Gasteiger partial charge in [-0.05, 0) is 30.9 Å². The van der Waals surface area contributed by atoms with Crippen LogP contribution >= 0.6 is 39.3 Å². The van der Waals surface area contributed by atoms with Crippen molar-refractivity contribution in [1.82, 2.24) is 4.90 Å². The lowest BCUT2D eigenvalue weighted by atomic mass is 10.1. The summed E-state index contributed by atoms with van der Waals surface area (Å²) in [6, 6.07) is 5.58. The van der Waals surface area contributed by atoms with Crippen molar-refractivity contribution < 1.29 is 4.79 Å². The van der Waals surface area contributed by atoms with Crippen molar-refractivity contribution in [2.24, 2.45) is 0 Å². The number of thioether (sulfide) groups is 1. The smallest absolute Gasteiger partial charge is 0.255 e. The molecule has 0 radical (unpaired) electrons. The number of carbonyl (C=O) groups excluding carboxylic acids is 1. The van der Waals surface area contributed by atoms with Crippen molar-refractivity contribution in [2.75, 3.05) is 19.1 Å². The van der Waals surface area contributed by atoms with Gasteiger partial charge in [-0.1, -0.05) is 34.5 Å². The van der Waals surface area contributed by atoms with Crippen LogP contribution in [0.4, 0.5) is 0 Å². The van der Waals surface area contributed by atoms with E-state index in [4.69, 9.17) is 11.6 Å². The molecular weight excluding hydrogens is 334 g/mol. The summed E-state index contributed by atoms with van der Waals surface area (Å²) in [5.74, 6) is 0.909. The molecule has 1 rings (SSSR count). The number of halogens is 2. The predicted octanol–water partition coefficient (Wildman–Crippen LogP) is 4.32. The third-order valence-corrected chi connectivity index (χ3v) is 4.40. The molecule has 1 atom stereocenters. The van der Waals surface area contributed by atoms with Crippen molar-refractivity contribution >= 4 is 45.2 Å². The quantitative estimate of drug-likeness (QED) is 0.788. The summed E-state index contributed by atoms with van der Waals surface area (Å²) >= 11 is 11.2. The molecule has 0 saturated heterocycles. The van der Waals surface area contributed by atoms with E-state index in [2.05, 4.69) is 22.9 Å². The first-order valence-electron chi connectivity index (χ1n) is 5.72. The first kappa shape index (κ1) is 15.9. The van der Waals surface area contributed by atoms with Crippen LogP contribution in [0.2, 0.25) is 5.02 Å². The Bertz CT molecular complexity index is 427. The first-order valence-corrected chi connectivity index (χ1v) is 8.28. The zero-order valence-corrected chi connectivity index (χ0v) is 13.9. The molecular formula is C13H17BrClNOS. The van der Waals surface area contributed by atoms with Gasteiger partial charge < -0.3 is 4.90 Å². The van der Waals surface area contributed by atoms with Crippen molar-refractivity contribution in [3.8, 4) is 0 Å². The van der Waals surface area contributed by atoms with Crippen LogP contribution < -0.4 is 0 Å². The lowest BCUT2D eigenvalue weighted by molar-refractivity contribution is 0.0744. The van der Waals surface area contributed by atoms with E-state index in [9.17, 15) is 4.79 Å². The highest BCUT2D eigenvalue weighted by atomic mass is 79.9. The minimum absolute atomic E-state index is 0.0257. The summed E-state index contributed by atoms with van der Waals surface area (Å²) in [6.07, 6.45) is 2.99. The second kappa shape index (κ2) is 7.41. The molecule has 100 valence electrons. The summed E-state index contributed by atoms with van der Waals surface area (Å²) in [4.78, 5) is 14.2. The fraction of sp³-hybridized carbons (Fsp3) is 0.462. The van der Waals surface area contributed by atoms with Crippen LogP contribution in [0.3, 0.4) is 0 Å². The largest absolute Gasteiger partial charge is 0.338 e. The van der Waals surface area contributed by atoms with Crippen LogP contribution in [0.25, 0.3) is 0 Å². The van der Waals surface area contributed by atoms with Gasteiger partial charge in [0.25, 0.3) is 5.91 Å². The van der Waals surface area contributed by atoms with Crippen molar-refractivity contribution in [1.29, 1.82) is 0 Å². The molecule has 0 aliphatic rings. The second-order valence-electron chi connectivity index (χ2n) is 4.06. The summed E-state index contributed by atoms with van der Waals surface area (Å²) in [7, 11) is 1.84. The maximum absolute atomic E-state index is 12.4. The van der Waals surface area contributed by atoms with Gasteiger partial charge in [0, 0.05) is 23.3 Å².